The van der Waals surface area contributed by atoms with E-state index in [1.165, 1.54) is 17.4 Å². The first-order valence-electron chi connectivity index (χ1n) is 6.90. The molecule has 0 atom stereocenters. The number of Topliss-reactive ketones (excluding diaryl/α,β-unsaturated/α-hetero) is 1. The van der Waals surface area contributed by atoms with Gasteiger partial charge >= 0.3 is 0 Å². The van der Waals surface area contributed by atoms with Crippen molar-refractivity contribution in [2.24, 2.45) is 5.41 Å². The minimum Gasteiger partial charge on any atom is -0.497 e. The summed E-state index contributed by atoms with van der Waals surface area (Å²) in [5.74, 6) is 0.753. The summed E-state index contributed by atoms with van der Waals surface area (Å²) in [6.07, 6.45) is 3.29. The normalized spacial score (nSPS) is 13.5. The average Bonchev–Trinajstić information content (AvgIpc) is 2.78. The van der Waals surface area contributed by atoms with Crippen molar-refractivity contribution < 1.29 is 9.53 Å². The Balaban J connectivity index is 2.41. The van der Waals surface area contributed by atoms with Crippen LogP contribution in [0.1, 0.15) is 26.3 Å². The quantitative estimate of drug-likeness (QED) is 0.937. The second kappa shape index (κ2) is 6.32. The highest BCUT2D eigenvalue weighted by Gasteiger charge is 2.18. The van der Waals surface area contributed by atoms with E-state index in [-0.39, 0.29) is 11.3 Å². The third kappa shape index (κ3) is 3.95. The van der Waals surface area contributed by atoms with Gasteiger partial charge in [0.1, 0.15) is 5.75 Å². The maximum absolute atomic E-state index is 12.0. The number of carbonyl (C=O) groups is 1. The Labute approximate surface area is 132 Å². The van der Waals surface area contributed by atoms with E-state index in [4.69, 9.17) is 4.74 Å². The number of ketones is 1. The zero-order valence-corrected chi connectivity index (χ0v) is 13.9. The van der Waals surface area contributed by atoms with E-state index in [0.29, 0.717) is 9.20 Å². The Bertz CT molecular complexity index is 836. The number of H-pyrrole nitrogens is 1. The maximum atomic E-state index is 12.0. The number of aromatic amines is 1. The molecule has 0 fully saturated rings. The predicted octanol–water partition coefficient (Wildman–Crippen LogP) is 1.67. The predicted molar refractivity (Wildman–Crippen MR) is 89.7 cm³/mol. The van der Waals surface area contributed by atoms with Gasteiger partial charge in [-0.15, -0.1) is 11.3 Å². The molecule has 0 aliphatic carbocycles. The highest BCUT2D eigenvalue weighted by molar-refractivity contribution is 7.07. The van der Waals surface area contributed by atoms with Crippen LogP contribution in [0.2, 0.25) is 0 Å². The lowest BCUT2D eigenvalue weighted by molar-refractivity contribution is -0.119. The lowest BCUT2D eigenvalue weighted by atomic mass is 9.91. The van der Waals surface area contributed by atoms with Gasteiger partial charge in [-0.2, -0.15) is 0 Å². The van der Waals surface area contributed by atoms with Gasteiger partial charge in [0, 0.05) is 11.5 Å². The van der Waals surface area contributed by atoms with Gasteiger partial charge in [0.15, 0.2) is 5.78 Å². The molecule has 0 spiro atoms. The summed E-state index contributed by atoms with van der Waals surface area (Å²) in [6, 6.07) is 7.43. The SMILES string of the molecule is COc1ccc(C=c2sc(=CC(=O)C(C)(C)C)[nH]c2=O)cc1. The molecule has 0 bridgehead atoms. The summed E-state index contributed by atoms with van der Waals surface area (Å²) in [5, 5.41) is 0. The molecule has 0 aliphatic rings. The van der Waals surface area contributed by atoms with Crippen molar-refractivity contribution in [3.05, 3.63) is 49.4 Å². The van der Waals surface area contributed by atoms with Gasteiger partial charge in [-0.1, -0.05) is 32.9 Å². The first kappa shape index (κ1) is 16.2. The van der Waals surface area contributed by atoms with Crippen LogP contribution in [0, 0.1) is 5.41 Å². The zero-order valence-electron chi connectivity index (χ0n) is 13.1. The van der Waals surface area contributed by atoms with E-state index in [1.807, 2.05) is 45.0 Å². The number of nitrogens with one attached hydrogen (secondary N) is 1. The van der Waals surface area contributed by atoms with Crippen LogP contribution in [0.25, 0.3) is 12.2 Å². The van der Waals surface area contributed by atoms with E-state index < -0.39 is 5.41 Å². The Morgan fingerprint density at radius 2 is 1.86 bits per heavy atom. The van der Waals surface area contributed by atoms with Crippen molar-refractivity contribution in [3.8, 4) is 5.75 Å². The largest absolute Gasteiger partial charge is 0.497 e. The molecule has 0 aliphatic heterocycles. The molecule has 0 saturated carbocycles. The molecule has 1 aromatic carbocycles. The molecule has 116 valence electrons. The van der Waals surface area contributed by atoms with E-state index >= 15 is 0 Å². The molecule has 4 nitrogen and oxygen atoms in total. The fraction of sp³-hybridized carbons (Fsp3) is 0.294. The fourth-order valence-corrected chi connectivity index (χ4v) is 2.60. The standard InChI is InChI=1S/C17H19NO3S/c1-17(2,3)14(19)10-15-18-16(20)13(22-15)9-11-5-7-12(21-4)8-6-11/h5-10H,1-4H3,(H,18,20). The summed E-state index contributed by atoms with van der Waals surface area (Å²) in [4.78, 5) is 26.7. The van der Waals surface area contributed by atoms with Crippen molar-refractivity contribution >= 4 is 29.3 Å². The highest BCUT2D eigenvalue weighted by Crippen LogP contribution is 2.14. The Hall–Kier alpha value is -2.14. The van der Waals surface area contributed by atoms with Crippen LogP contribution in [0.4, 0.5) is 0 Å². The summed E-state index contributed by atoms with van der Waals surface area (Å²) < 4.78 is 6.24. The Kier molecular flexibility index (Phi) is 4.66. The Morgan fingerprint density at radius 1 is 1.23 bits per heavy atom. The second-order valence-electron chi connectivity index (χ2n) is 5.96. The molecule has 0 saturated heterocycles. The number of carbonyl (C=O) groups excluding carboxylic acids is 1. The fourth-order valence-electron chi connectivity index (χ4n) is 1.71. The monoisotopic (exact) mass is 317 g/mol. The van der Waals surface area contributed by atoms with E-state index in [1.54, 1.807) is 13.2 Å². The molecule has 22 heavy (non-hydrogen) atoms. The Morgan fingerprint density at radius 3 is 2.41 bits per heavy atom. The summed E-state index contributed by atoms with van der Waals surface area (Å²) in [7, 11) is 1.61. The number of thiazole rings is 1. The molecule has 0 amide bonds. The molecule has 2 rings (SSSR count). The van der Waals surface area contributed by atoms with Crippen molar-refractivity contribution in [2.75, 3.05) is 7.11 Å². The third-order valence-corrected chi connectivity index (χ3v) is 4.06. The molecule has 1 heterocycles. The van der Waals surface area contributed by atoms with Crippen LogP contribution in [0.15, 0.2) is 29.1 Å². The molecule has 0 radical (unpaired) electrons. The molecule has 1 N–H and O–H groups in total. The van der Waals surface area contributed by atoms with Gasteiger partial charge in [-0.25, -0.2) is 0 Å². The van der Waals surface area contributed by atoms with Gasteiger partial charge < -0.3 is 9.72 Å². The highest BCUT2D eigenvalue weighted by atomic mass is 32.1. The number of rotatable bonds is 3. The van der Waals surface area contributed by atoms with Crippen molar-refractivity contribution in [2.45, 2.75) is 20.8 Å². The lowest BCUT2D eigenvalue weighted by Crippen LogP contribution is -2.22. The molecular weight excluding hydrogens is 298 g/mol. The summed E-state index contributed by atoms with van der Waals surface area (Å²) in [5.41, 5.74) is 0.261. The van der Waals surface area contributed by atoms with E-state index in [2.05, 4.69) is 4.98 Å². The average molecular weight is 317 g/mol. The van der Waals surface area contributed by atoms with Gasteiger partial charge in [0.05, 0.1) is 16.3 Å². The molecule has 2 aromatic rings. The smallest absolute Gasteiger partial charge is 0.266 e. The van der Waals surface area contributed by atoms with Crippen LogP contribution < -0.4 is 19.5 Å². The van der Waals surface area contributed by atoms with Crippen molar-refractivity contribution in [1.82, 2.24) is 4.98 Å². The molecule has 1 aromatic heterocycles. The van der Waals surface area contributed by atoms with E-state index in [9.17, 15) is 9.59 Å². The summed E-state index contributed by atoms with van der Waals surface area (Å²) in [6.45, 7) is 5.55. The molecule has 0 unspecified atom stereocenters. The maximum Gasteiger partial charge on any atom is 0.266 e. The van der Waals surface area contributed by atoms with Gasteiger partial charge in [-0.05, 0) is 23.8 Å². The van der Waals surface area contributed by atoms with Crippen LogP contribution in [0.3, 0.4) is 0 Å². The molecular formula is C17H19NO3S. The van der Waals surface area contributed by atoms with Crippen LogP contribution in [-0.2, 0) is 4.79 Å². The first-order chi connectivity index (χ1) is 10.3. The number of hydrogen-bond acceptors (Lipinski definition) is 4. The van der Waals surface area contributed by atoms with Gasteiger partial charge in [0.2, 0.25) is 0 Å². The minimum absolute atomic E-state index is 0.0130. The van der Waals surface area contributed by atoms with Crippen LogP contribution in [-0.4, -0.2) is 17.9 Å². The number of ether oxygens (including phenoxy) is 1. The number of hydrogen-bond donors (Lipinski definition) is 1. The number of aromatic nitrogens is 1. The first-order valence-corrected chi connectivity index (χ1v) is 7.72. The van der Waals surface area contributed by atoms with Crippen LogP contribution >= 0.6 is 11.3 Å². The number of benzene rings is 1. The topological polar surface area (TPSA) is 59.2 Å². The third-order valence-electron chi connectivity index (χ3n) is 3.10. The second-order valence-corrected chi connectivity index (χ2v) is 7.04. The molecule has 5 heteroatoms. The van der Waals surface area contributed by atoms with E-state index in [0.717, 1.165) is 11.3 Å². The van der Waals surface area contributed by atoms with Crippen molar-refractivity contribution in [3.63, 3.8) is 0 Å². The lowest BCUT2D eigenvalue weighted by Gasteiger charge is -2.12. The van der Waals surface area contributed by atoms with Crippen LogP contribution in [0.5, 0.6) is 5.75 Å². The van der Waals surface area contributed by atoms with Crippen molar-refractivity contribution in [1.29, 1.82) is 0 Å². The van der Waals surface area contributed by atoms with Gasteiger partial charge in [-0.3, -0.25) is 9.59 Å². The van der Waals surface area contributed by atoms with Gasteiger partial charge in [0.25, 0.3) is 5.56 Å². The summed E-state index contributed by atoms with van der Waals surface area (Å²) >= 11 is 1.28. The number of methoxy groups -OCH3 is 1. The zero-order chi connectivity index (χ0) is 16.3. The minimum atomic E-state index is -0.458.